The smallest absolute Gasteiger partial charge is 0.340 e. The predicted molar refractivity (Wildman–Crippen MR) is 137 cm³/mol. The van der Waals surface area contributed by atoms with Gasteiger partial charge >= 0.3 is 12.4 Å². The Kier molecular flexibility index (Phi) is 8.04. The van der Waals surface area contributed by atoms with E-state index in [1.54, 1.807) is 12.1 Å². The molecular weight excluding hydrogens is 537 g/mol. The summed E-state index contributed by atoms with van der Waals surface area (Å²) >= 11 is 0. The number of hydrogen-bond acceptors (Lipinski definition) is 2. The van der Waals surface area contributed by atoms with Gasteiger partial charge in [-0.15, -0.1) is 0 Å². The number of hydrogen-bond donors (Lipinski definition) is 0. The van der Waals surface area contributed by atoms with Gasteiger partial charge in [-0.2, -0.15) is 26.3 Å². The van der Waals surface area contributed by atoms with Crippen LogP contribution in [-0.4, -0.2) is 41.9 Å². The Labute approximate surface area is 228 Å². The fourth-order valence-electron chi connectivity index (χ4n) is 5.30. The molecule has 10 heteroatoms. The van der Waals surface area contributed by atoms with Crippen molar-refractivity contribution in [2.75, 3.05) is 20.1 Å². The summed E-state index contributed by atoms with van der Waals surface area (Å²) in [4.78, 5) is 17.4. The van der Waals surface area contributed by atoms with Crippen LogP contribution in [-0.2, 0) is 29.1 Å². The maximum atomic E-state index is 13.9. The molecule has 3 nitrogen and oxygen atoms in total. The highest BCUT2D eigenvalue weighted by atomic mass is 19.4. The van der Waals surface area contributed by atoms with E-state index in [4.69, 9.17) is 0 Å². The molecule has 0 unspecified atom stereocenters. The normalized spacial score (nSPS) is 18.6. The summed E-state index contributed by atoms with van der Waals surface area (Å²) in [6.07, 6.45) is -10.1. The number of carbonyl (C=O) groups excluding carboxylic acids is 1. The third-order valence-corrected chi connectivity index (χ3v) is 7.57. The Morgan fingerprint density at radius 2 is 1.35 bits per heavy atom. The maximum absolute atomic E-state index is 13.9. The van der Waals surface area contributed by atoms with E-state index in [0.29, 0.717) is 31.8 Å². The van der Waals surface area contributed by atoms with Crippen molar-refractivity contribution >= 4 is 5.91 Å². The second-order valence-electron chi connectivity index (χ2n) is 10.7. The van der Waals surface area contributed by atoms with Crippen LogP contribution < -0.4 is 0 Å². The molecule has 40 heavy (non-hydrogen) atoms. The van der Waals surface area contributed by atoms with Gasteiger partial charge in [0.05, 0.1) is 22.6 Å². The molecular formula is C30H29F7N2O. The number of amides is 1. The van der Waals surface area contributed by atoms with E-state index >= 15 is 0 Å². The number of halogens is 7. The van der Waals surface area contributed by atoms with Crippen molar-refractivity contribution < 1.29 is 35.5 Å². The molecule has 3 aromatic carbocycles. The second kappa shape index (κ2) is 10.9. The number of nitrogens with zero attached hydrogens (tertiary/aromatic N) is 2. The van der Waals surface area contributed by atoms with Crippen LogP contribution in [0.1, 0.15) is 47.6 Å². The van der Waals surface area contributed by atoms with Gasteiger partial charge < -0.3 is 4.90 Å². The lowest BCUT2D eigenvalue weighted by Crippen LogP contribution is -2.49. The quantitative estimate of drug-likeness (QED) is 0.293. The third kappa shape index (κ3) is 6.32. The number of likely N-dealkylation sites (N-methyl/N-ethyl adjacent to an activating group) is 1. The zero-order chi connectivity index (χ0) is 29.5. The molecule has 0 N–H and O–H groups in total. The van der Waals surface area contributed by atoms with Crippen molar-refractivity contribution in [2.45, 2.75) is 50.1 Å². The Morgan fingerprint density at radius 3 is 1.88 bits per heavy atom. The number of likely N-dealkylation sites (tertiary alicyclic amines) is 1. The van der Waals surface area contributed by atoms with Gasteiger partial charge in [-0.25, -0.2) is 4.39 Å². The molecule has 0 bridgehead atoms. The first-order valence-corrected chi connectivity index (χ1v) is 12.7. The Bertz CT molecular complexity index is 1300. The van der Waals surface area contributed by atoms with Crippen LogP contribution >= 0.6 is 0 Å². The molecule has 1 saturated heterocycles. The molecule has 0 aliphatic carbocycles. The predicted octanol–water partition coefficient (Wildman–Crippen LogP) is 7.27. The standard InChI is InChI=1S/C30H29F7N2O/c1-28(2,21-13-22(29(32,33)34)15-23(14-21)30(35,36)37)27(40)38(3)26-18-39(16-19-7-5-4-6-8-19)17-25(26)20-9-11-24(31)12-10-20/h4-15,25-26H,16-18H2,1-3H3/t25-,26+/m1/s1. The van der Waals surface area contributed by atoms with E-state index in [2.05, 4.69) is 4.90 Å². The Hall–Kier alpha value is -3.40. The van der Waals surface area contributed by atoms with Crippen LogP contribution in [0, 0.1) is 5.82 Å². The van der Waals surface area contributed by atoms with Crippen molar-refractivity contribution in [1.82, 2.24) is 9.80 Å². The summed E-state index contributed by atoms with van der Waals surface area (Å²) < 4.78 is 94.8. The molecule has 3 aromatic rings. The summed E-state index contributed by atoms with van der Waals surface area (Å²) in [6.45, 7) is 4.15. The van der Waals surface area contributed by atoms with Gasteiger partial charge in [0.25, 0.3) is 0 Å². The highest BCUT2D eigenvalue weighted by Crippen LogP contribution is 2.40. The van der Waals surface area contributed by atoms with Crippen LogP contribution in [0.5, 0.6) is 0 Å². The van der Waals surface area contributed by atoms with Crippen LogP contribution in [0.3, 0.4) is 0 Å². The number of carbonyl (C=O) groups is 1. The lowest BCUT2D eigenvalue weighted by atomic mass is 9.80. The summed E-state index contributed by atoms with van der Waals surface area (Å²) in [6, 6.07) is 16.3. The molecule has 1 amide bonds. The van der Waals surface area contributed by atoms with E-state index in [1.807, 2.05) is 30.3 Å². The van der Waals surface area contributed by atoms with Gasteiger partial charge in [0, 0.05) is 32.6 Å². The lowest BCUT2D eigenvalue weighted by Gasteiger charge is -2.36. The molecule has 1 aliphatic heterocycles. The minimum atomic E-state index is -5.03. The van der Waals surface area contributed by atoms with Gasteiger partial charge in [-0.3, -0.25) is 9.69 Å². The fraction of sp³-hybridized carbons (Fsp3) is 0.367. The zero-order valence-electron chi connectivity index (χ0n) is 22.2. The first kappa shape index (κ1) is 29.6. The van der Waals surface area contributed by atoms with E-state index < -0.39 is 46.7 Å². The third-order valence-electron chi connectivity index (χ3n) is 7.57. The average molecular weight is 567 g/mol. The van der Waals surface area contributed by atoms with E-state index in [1.165, 1.54) is 37.9 Å². The number of benzene rings is 3. The summed E-state index contributed by atoms with van der Waals surface area (Å²) in [7, 11) is 1.51. The van der Waals surface area contributed by atoms with Crippen LogP contribution in [0.4, 0.5) is 30.7 Å². The first-order chi connectivity index (χ1) is 18.6. The van der Waals surface area contributed by atoms with Crippen LogP contribution in [0.25, 0.3) is 0 Å². The monoisotopic (exact) mass is 566 g/mol. The van der Waals surface area contributed by atoms with E-state index in [-0.39, 0.29) is 17.5 Å². The Morgan fingerprint density at radius 1 is 0.825 bits per heavy atom. The molecule has 0 saturated carbocycles. The van der Waals surface area contributed by atoms with E-state index in [0.717, 1.165) is 11.1 Å². The Balaban J connectivity index is 1.68. The van der Waals surface area contributed by atoms with Gasteiger partial charge in [-0.1, -0.05) is 42.5 Å². The maximum Gasteiger partial charge on any atom is 0.416 e. The fourth-order valence-corrected chi connectivity index (χ4v) is 5.30. The molecule has 0 radical (unpaired) electrons. The van der Waals surface area contributed by atoms with E-state index in [9.17, 15) is 35.5 Å². The molecule has 4 rings (SSSR count). The van der Waals surface area contributed by atoms with Gasteiger partial charge in [0.15, 0.2) is 0 Å². The average Bonchev–Trinajstić information content (AvgIpc) is 3.31. The number of alkyl halides is 6. The molecule has 2 atom stereocenters. The summed E-state index contributed by atoms with van der Waals surface area (Å²) in [5.74, 6) is -1.31. The van der Waals surface area contributed by atoms with Crippen LogP contribution in [0.2, 0.25) is 0 Å². The highest BCUT2D eigenvalue weighted by Gasteiger charge is 2.44. The van der Waals surface area contributed by atoms with Crippen molar-refractivity contribution in [3.05, 3.63) is 106 Å². The van der Waals surface area contributed by atoms with Crippen molar-refractivity contribution in [3.8, 4) is 0 Å². The lowest BCUT2D eigenvalue weighted by molar-refractivity contribution is -0.144. The second-order valence-corrected chi connectivity index (χ2v) is 10.7. The molecule has 214 valence electrons. The SMILES string of the molecule is CN(C(=O)C(C)(C)c1cc(C(F)(F)F)cc(C(F)(F)F)c1)[C@H]1CN(Cc2ccccc2)C[C@@H]1c1ccc(F)cc1. The van der Waals surface area contributed by atoms with Crippen molar-refractivity contribution in [3.63, 3.8) is 0 Å². The minimum Gasteiger partial charge on any atom is -0.340 e. The summed E-state index contributed by atoms with van der Waals surface area (Å²) in [5.41, 5.74) is -3.23. The highest BCUT2D eigenvalue weighted by molar-refractivity contribution is 5.87. The summed E-state index contributed by atoms with van der Waals surface area (Å²) in [5, 5.41) is 0. The van der Waals surface area contributed by atoms with Gasteiger partial charge in [0.2, 0.25) is 5.91 Å². The minimum absolute atomic E-state index is 0.0523. The molecule has 0 aromatic heterocycles. The largest absolute Gasteiger partial charge is 0.416 e. The first-order valence-electron chi connectivity index (χ1n) is 12.7. The van der Waals surface area contributed by atoms with Gasteiger partial charge in [-0.05, 0) is 60.9 Å². The molecule has 1 fully saturated rings. The molecule has 1 aliphatic rings. The number of rotatable bonds is 6. The zero-order valence-corrected chi connectivity index (χ0v) is 22.2. The van der Waals surface area contributed by atoms with Crippen molar-refractivity contribution in [2.24, 2.45) is 0 Å². The van der Waals surface area contributed by atoms with Crippen LogP contribution in [0.15, 0.2) is 72.8 Å². The molecule has 0 spiro atoms. The molecule has 1 heterocycles. The topological polar surface area (TPSA) is 23.6 Å². The van der Waals surface area contributed by atoms with Crippen molar-refractivity contribution in [1.29, 1.82) is 0 Å². The van der Waals surface area contributed by atoms with Gasteiger partial charge in [0.1, 0.15) is 5.82 Å².